The first-order valence-corrected chi connectivity index (χ1v) is 8.93. The van der Waals surface area contributed by atoms with Gasteiger partial charge < -0.3 is 5.11 Å². The van der Waals surface area contributed by atoms with E-state index < -0.39 is 0 Å². The van der Waals surface area contributed by atoms with E-state index in [9.17, 15) is 5.11 Å². The molecule has 1 aliphatic carbocycles. The summed E-state index contributed by atoms with van der Waals surface area (Å²) in [6.45, 7) is 15.7. The Kier molecular flexibility index (Phi) is 5.23. The Bertz CT molecular complexity index is 458. The van der Waals surface area contributed by atoms with Gasteiger partial charge in [-0.05, 0) is 46.5 Å². The molecule has 0 bridgehead atoms. The molecule has 1 unspecified atom stereocenters. The monoisotopic (exact) mass is 305 g/mol. The van der Waals surface area contributed by atoms with Gasteiger partial charge >= 0.3 is 0 Å². The number of aliphatic hydroxyl groups excluding tert-OH is 1. The molecule has 2 heteroatoms. The van der Waals surface area contributed by atoms with Gasteiger partial charge in [-0.15, -0.1) is 0 Å². The Morgan fingerprint density at radius 3 is 2.73 bits per heavy atom. The van der Waals surface area contributed by atoms with Crippen LogP contribution in [0.5, 0.6) is 0 Å². The van der Waals surface area contributed by atoms with E-state index in [1.165, 1.54) is 24.0 Å². The standard InChI is InChI=1S/C20H35NO/c1-15(2)8-7-9-16(3)21-13-11-17-19(4,5)18(22)10-12-20(17,6)14-21/h8,11,16,18,22H,7,9-10,12-14H2,1-6H3/t16?,18-,20+/m0/s1. The average Bonchev–Trinajstić information content (AvgIpc) is 2.42. The lowest BCUT2D eigenvalue weighted by Crippen LogP contribution is -2.53. The molecule has 2 aliphatic rings. The van der Waals surface area contributed by atoms with Crippen LogP contribution in [0.25, 0.3) is 0 Å². The second-order valence-electron chi connectivity index (χ2n) is 8.59. The van der Waals surface area contributed by atoms with E-state index in [1.54, 1.807) is 0 Å². The number of hydrogen-bond acceptors (Lipinski definition) is 2. The number of hydrogen-bond donors (Lipinski definition) is 1. The van der Waals surface area contributed by atoms with Gasteiger partial charge in [0.2, 0.25) is 0 Å². The van der Waals surface area contributed by atoms with E-state index in [4.69, 9.17) is 0 Å². The highest BCUT2D eigenvalue weighted by Gasteiger charge is 2.48. The summed E-state index contributed by atoms with van der Waals surface area (Å²) in [5, 5.41) is 10.4. The molecule has 1 fully saturated rings. The minimum atomic E-state index is -0.187. The van der Waals surface area contributed by atoms with Crippen molar-refractivity contribution in [1.82, 2.24) is 4.90 Å². The highest BCUT2D eigenvalue weighted by molar-refractivity contribution is 5.29. The molecule has 0 radical (unpaired) electrons. The van der Waals surface area contributed by atoms with Crippen LogP contribution in [0, 0.1) is 10.8 Å². The highest BCUT2D eigenvalue weighted by atomic mass is 16.3. The Balaban J connectivity index is 2.08. The fraction of sp³-hybridized carbons (Fsp3) is 0.800. The van der Waals surface area contributed by atoms with Crippen LogP contribution in [-0.2, 0) is 0 Å². The largest absolute Gasteiger partial charge is 0.392 e. The first-order valence-electron chi connectivity index (χ1n) is 8.93. The third-order valence-corrected chi connectivity index (χ3v) is 5.99. The number of allylic oxidation sites excluding steroid dienone is 2. The van der Waals surface area contributed by atoms with Crippen molar-refractivity contribution in [3.63, 3.8) is 0 Å². The van der Waals surface area contributed by atoms with Crippen LogP contribution >= 0.6 is 0 Å². The van der Waals surface area contributed by atoms with Crippen LogP contribution in [0.3, 0.4) is 0 Å². The molecule has 1 aliphatic heterocycles. The molecule has 1 N–H and O–H groups in total. The summed E-state index contributed by atoms with van der Waals surface area (Å²) in [6.07, 6.45) is 9.04. The van der Waals surface area contributed by atoms with Crippen molar-refractivity contribution in [2.45, 2.75) is 79.4 Å². The highest BCUT2D eigenvalue weighted by Crippen LogP contribution is 2.52. The van der Waals surface area contributed by atoms with Crippen molar-refractivity contribution in [2.75, 3.05) is 13.1 Å². The lowest BCUT2D eigenvalue weighted by atomic mass is 9.58. The molecule has 0 saturated heterocycles. The third-order valence-electron chi connectivity index (χ3n) is 5.99. The summed E-state index contributed by atoms with van der Waals surface area (Å²) >= 11 is 0. The normalized spacial score (nSPS) is 32.9. The summed E-state index contributed by atoms with van der Waals surface area (Å²) in [7, 11) is 0. The maximum atomic E-state index is 10.4. The van der Waals surface area contributed by atoms with E-state index in [1.807, 2.05) is 0 Å². The predicted octanol–water partition coefficient (Wildman–Crippen LogP) is 4.55. The van der Waals surface area contributed by atoms with Gasteiger partial charge in [0, 0.05) is 30.0 Å². The lowest BCUT2D eigenvalue weighted by molar-refractivity contribution is -0.00645. The van der Waals surface area contributed by atoms with Crippen LogP contribution < -0.4 is 0 Å². The number of aliphatic hydroxyl groups is 1. The van der Waals surface area contributed by atoms with Gasteiger partial charge in [0.25, 0.3) is 0 Å². The van der Waals surface area contributed by atoms with Gasteiger partial charge in [-0.1, -0.05) is 44.1 Å². The maximum Gasteiger partial charge on any atom is 0.0628 e. The quantitative estimate of drug-likeness (QED) is 0.770. The summed E-state index contributed by atoms with van der Waals surface area (Å²) in [5.41, 5.74) is 3.09. The summed E-state index contributed by atoms with van der Waals surface area (Å²) in [6, 6.07) is 0.625. The Hall–Kier alpha value is -0.600. The molecule has 3 atom stereocenters. The van der Waals surface area contributed by atoms with Crippen molar-refractivity contribution < 1.29 is 5.11 Å². The molecule has 1 saturated carbocycles. The first kappa shape index (κ1) is 17.7. The molecule has 0 amide bonds. The molecular weight excluding hydrogens is 270 g/mol. The summed E-state index contributed by atoms with van der Waals surface area (Å²) in [5.74, 6) is 0. The number of rotatable bonds is 4. The van der Waals surface area contributed by atoms with Crippen LogP contribution in [0.15, 0.2) is 23.3 Å². The minimum absolute atomic E-state index is 0.0651. The van der Waals surface area contributed by atoms with Crippen LogP contribution in [0.4, 0.5) is 0 Å². The van der Waals surface area contributed by atoms with E-state index in [0.717, 1.165) is 25.9 Å². The van der Waals surface area contributed by atoms with E-state index >= 15 is 0 Å². The fourth-order valence-corrected chi connectivity index (χ4v) is 4.43. The minimum Gasteiger partial charge on any atom is -0.392 e. The van der Waals surface area contributed by atoms with E-state index in [0.29, 0.717) is 6.04 Å². The van der Waals surface area contributed by atoms with Crippen molar-refractivity contribution in [2.24, 2.45) is 10.8 Å². The van der Waals surface area contributed by atoms with Gasteiger partial charge in [0.05, 0.1) is 6.10 Å². The molecule has 126 valence electrons. The molecule has 0 aromatic rings. The molecule has 0 spiro atoms. The second-order valence-corrected chi connectivity index (χ2v) is 8.59. The zero-order valence-corrected chi connectivity index (χ0v) is 15.4. The maximum absolute atomic E-state index is 10.4. The van der Waals surface area contributed by atoms with Gasteiger partial charge in [0.1, 0.15) is 0 Å². The lowest BCUT2D eigenvalue weighted by Gasteiger charge is -2.53. The average molecular weight is 306 g/mol. The van der Waals surface area contributed by atoms with Gasteiger partial charge in [-0.25, -0.2) is 0 Å². The fourth-order valence-electron chi connectivity index (χ4n) is 4.43. The summed E-state index contributed by atoms with van der Waals surface area (Å²) in [4.78, 5) is 2.64. The SMILES string of the molecule is CC(C)=CCCC(C)N1CC=C2C(C)(C)[C@@H](O)CC[C@]2(C)C1. The number of fused-ring (bicyclic) bond motifs is 1. The molecule has 1 heterocycles. The Morgan fingerprint density at radius 1 is 1.41 bits per heavy atom. The van der Waals surface area contributed by atoms with Crippen LogP contribution in [0.2, 0.25) is 0 Å². The van der Waals surface area contributed by atoms with Gasteiger partial charge in [0.15, 0.2) is 0 Å². The molecule has 0 aromatic carbocycles. The van der Waals surface area contributed by atoms with Crippen molar-refractivity contribution in [1.29, 1.82) is 0 Å². The molecule has 2 rings (SSSR count). The second kappa shape index (κ2) is 6.49. The van der Waals surface area contributed by atoms with Crippen molar-refractivity contribution >= 4 is 0 Å². The Labute approximate surface area is 137 Å². The van der Waals surface area contributed by atoms with E-state index in [2.05, 4.69) is 58.6 Å². The van der Waals surface area contributed by atoms with Gasteiger partial charge in [-0.3, -0.25) is 4.90 Å². The zero-order chi connectivity index (χ0) is 16.5. The molecule has 2 nitrogen and oxygen atoms in total. The third kappa shape index (κ3) is 3.49. The van der Waals surface area contributed by atoms with Crippen LogP contribution in [-0.4, -0.2) is 35.2 Å². The predicted molar refractivity (Wildman–Crippen MR) is 94.9 cm³/mol. The topological polar surface area (TPSA) is 23.5 Å². The van der Waals surface area contributed by atoms with E-state index in [-0.39, 0.29) is 16.9 Å². The molecular formula is C20H35NO. The smallest absolute Gasteiger partial charge is 0.0628 e. The van der Waals surface area contributed by atoms with Crippen molar-refractivity contribution in [3.05, 3.63) is 23.3 Å². The van der Waals surface area contributed by atoms with Crippen molar-refractivity contribution in [3.8, 4) is 0 Å². The summed E-state index contributed by atoms with van der Waals surface area (Å²) < 4.78 is 0. The molecule has 0 aromatic heterocycles. The Morgan fingerprint density at radius 2 is 2.09 bits per heavy atom. The molecule has 22 heavy (non-hydrogen) atoms. The van der Waals surface area contributed by atoms with Crippen LogP contribution in [0.1, 0.15) is 67.2 Å². The first-order chi connectivity index (χ1) is 10.2. The number of nitrogens with zero attached hydrogens (tertiary/aromatic N) is 1. The van der Waals surface area contributed by atoms with Gasteiger partial charge in [-0.2, -0.15) is 0 Å². The zero-order valence-electron chi connectivity index (χ0n) is 15.4.